The lowest BCUT2D eigenvalue weighted by Gasteiger charge is -2.05. The molecule has 0 amide bonds. The Hall–Kier alpha value is -1.18. The molecule has 0 unspecified atom stereocenters. The lowest BCUT2D eigenvalue weighted by Crippen LogP contribution is -2.30. The van der Waals surface area contributed by atoms with Gasteiger partial charge in [-0.1, -0.05) is 0 Å². The lowest BCUT2D eigenvalue weighted by atomic mass is 10.2. The van der Waals surface area contributed by atoms with Crippen LogP contribution in [0.15, 0.2) is 29.1 Å². The maximum absolute atomic E-state index is 11.6. The van der Waals surface area contributed by atoms with Crippen LogP contribution >= 0.6 is 11.3 Å². The molecule has 0 radical (unpaired) electrons. The van der Waals surface area contributed by atoms with Gasteiger partial charge < -0.3 is 0 Å². The van der Waals surface area contributed by atoms with Crippen LogP contribution in [0.25, 0.3) is 11.3 Å². The monoisotopic (exact) mass is 297 g/mol. The Morgan fingerprint density at radius 1 is 1.42 bits per heavy atom. The summed E-state index contributed by atoms with van der Waals surface area (Å²) in [5.41, 5.74) is 2.02. The largest absolute Gasteiger partial charge is 0.271 e. The molecular weight excluding hydrogens is 282 g/mol. The minimum atomic E-state index is -3.08. The van der Waals surface area contributed by atoms with Gasteiger partial charge in [0.1, 0.15) is 0 Å². The maximum Gasteiger partial charge on any atom is 0.214 e. The summed E-state index contributed by atoms with van der Waals surface area (Å²) in [5.74, 6) is 0. The third-order valence-electron chi connectivity index (χ3n) is 3.06. The molecule has 3 rings (SSSR count). The van der Waals surface area contributed by atoms with Crippen molar-refractivity contribution in [2.45, 2.75) is 24.6 Å². The Balaban J connectivity index is 1.56. The predicted molar refractivity (Wildman–Crippen MR) is 75.5 cm³/mol. The highest BCUT2D eigenvalue weighted by Gasteiger charge is 2.35. The normalized spacial score (nSPS) is 15.8. The first-order chi connectivity index (χ1) is 9.15. The molecular formula is C12H15N3O2S2. The van der Waals surface area contributed by atoms with E-state index in [0.29, 0.717) is 13.1 Å². The van der Waals surface area contributed by atoms with E-state index in [0.717, 1.165) is 24.1 Å². The Morgan fingerprint density at radius 2 is 2.26 bits per heavy atom. The number of nitrogens with one attached hydrogen (secondary N) is 1. The standard InChI is InChI=1S/C12H15N3O2S2/c16-19(17,11-1-2-11)13-5-7-15-6-3-12(14-15)10-4-8-18-9-10/h3-4,6,8-9,11,13H,1-2,5,7H2. The number of sulfonamides is 1. The summed E-state index contributed by atoms with van der Waals surface area (Å²) in [5, 5.41) is 8.32. The summed E-state index contributed by atoms with van der Waals surface area (Å²) in [6, 6.07) is 3.96. The van der Waals surface area contributed by atoms with Gasteiger partial charge in [0.2, 0.25) is 10.0 Å². The van der Waals surface area contributed by atoms with E-state index in [-0.39, 0.29) is 5.25 Å². The second kappa shape index (κ2) is 5.07. The van der Waals surface area contributed by atoms with Gasteiger partial charge in [0.15, 0.2) is 0 Å². The third-order valence-corrected chi connectivity index (χ3v) is 5.70. The molecule has 0 aromatic carbocycles. The van der Waals surface area contributed by atoms with Gasteiger partial charge in [-0.2, -0.15) is 16.4 Å². The first kappa shape index (κ1) is 12.8. The predicted octanol–water partition coefficient (Wildman–Crippen LogP) is 1.69. The van der Waals surface area contributed by atoms with Crippen molar-refractivity contribution in [1.29, 1.82) is 0 Å². The Morgan fingerprint density at radius 3 is 2.95 bits per heavy atom. The highest BCUT2D eigenvalue weighted by atomic mass is 32.2. The van der Waals surface area contributed by atoms with Crippen LogP contribution in [-0.4, -0.2) is 30.0 Å². The molecule has 2 aromatic rings. The van der Waals surface area contributed by atoms with Gasteiger partial charge in [0.05, 0.1) is 17.5 Å². The molecule has 19 heavy (non-hydrogen) atoms. The second-order valence-electron chi connectivity index (χ2n) is 4.61. The average Bonchev–Trinajstić information content (AvgIpc) is 2.92. The summed E-state index contributed by atoms with van der Waals surface area (Å²) < 4.78 is 27.7. The highest BCUT2D eigenvalue weighted by molar-refractivity contribution is 7.90. The van der Waals surface area contributed by atoms with Crippen molar-refractivity contribution in [3.05, 3.63) is 29.1 Å². The second-order valence-corrected chi connectivity index (χ2v) is 7.44. The first-order valence-corrected chi connectivity index (χ1v) is 8.68. The van der Waals surface area contributed by atoms with Crippen molar-refractivity contribution in [3.8, 4) is 11.3 Å². The van der Waals surface area contributed by atoms with Crippen molar-refractivity contribution in [1.82, 2.24) is 14.5 Å². The highest BCUT2D eigenvalue weighted by Crippen LogP contribution is 2.27. The molecule has 1 saturated carbocycles. The Bertz CT molecular complexity index is 642. The molecule has 2 heterocycles. The molecule has 7 heteroatoms. The first-order valence-electron chi connectivity index (χ1n) is 6.20. The summed E-state index contributed by atoms with van der Waals surface area (Å²) in [6.45, 7) is 0.944. The minimum Gasteiger partial charge on any atom is -0.271 e. The van der Waals surface area contributed by atoms with Crippen molar-refractivity contribution in [3.63, 3.8) is 0 Å². The van der Waals surface area contributed by atoms with Crippen LogP contribution < -0.4 is 4.72 Å². The molecule has 1 aliphatic rings. The molecule has 1 aliphatic carbocycles. The van der Waals surface area contributed by atoms with Gasteiger partial charge in [-0.05, 0) is 30.4 Å². The van der Waals surface area contributed by atoms with Crippen molar-refractivity contribution in [2.75, 3.05) is 6.54 Å². The van der Waals surface area contributed by atoms with Crippen LogP contribution in [0.5, 0.6) is 0 Å². The van der Waals surface area contributed by atoms with Crippen LogP contribution in [-0.2, 0) is 16.6 Å². The van der Waals surface area contributed by atoms with Gasteiger partial charge in [-0.3, -0.25) is 4.68 Å². The van der Waals surface area contributed by atoms with E-state index in [1.807, 2.05) is 29.1 Å². The molecule has 102 valence electrons. The van der Waals surface area contributed by atoms with Crippen LogP contribution in [0.3, 0.4) is 0 Å². The summed E-state index contributed by atoms with van der Waals surface area (Å²) in [4.78, 5) is 0. The Kier molecular flexibility index (Phi) is 3.42. The van der Waals surface area contributed by atoms with E-state index < -0.39 is 10.0 Å². The van der Waals surface area contributed by atoms with Gasteiger partial charge in [0.25, 0.3) is 0 Å². The lowest BCUT2D eigenvalue weighted by molar-refractivity contribution is 0.560. The number of hydrogen-bond acceptors (Lipinski definition) is 4. The number of aromatic nitrogens is 2. The van der Waals surface area contributed by atoms with Crippen molar-refractivity contribution in [2.24, 2.45) is 0 Å². The number of hydrogen-bond donors (Lipinski definition) is 1. The zero-order chi connectivity index (χ0) is 13.3. The van der Waals surface area contributed by atoms with E-state index in [9.17, 15) is 8.42 Å². The van der Waals surface area contributed by atoms with E-state index in [1.165, 1.54) is 0 Å². The van der Waals surface area contributed by atoms with Crippen LogP contribution in [0.1, 0.15) is 12.8 Å². The average molecular weight is 297 g/mol. The number of thiophene rings is 1. The maximum atomic E-state index is 11.6. The van der Waals surface area contributed by atoms with E-state index in [4.69, 9.17) is 0 Å². The molecule has 0 spiro atoms. The smallest absolute Gasteiger partial charge is 0.214 e. The fourth-order valence-electron chi connectivity index (χ4n) is 1.85. The quantitative estimate of drug-likeness (QED) is 0.882. The van der Waals surface area contributed by atoms with Crippen molar-refractivity contribution < 1.29 is 8.42 Å². The van der Waals surface area contributed by atoms with Crippen LogP contribution in [0, 0.1) is 0 Å². The fraction of sp³-hybridized carbons (Fsp3) is 0.417. The molecule has 2 aromatic heterocycles. The van der Waals surface area contributed by atoms with E-state index >= 15 is 0 Å². The van der Waals surface area contributed by atoms with Crippen LogP contribution in [0.4, 0.5) is 0 Å². The molecule has 0 atom stereocenters. The SMILES string of the molecule is O=S(=O)(NCCn1ccc(-c2ccsc2)n1)C1CC1. The molecule has 1 N–H and O–H groups in total. The van der Waals surface area contributed by atoms with Gasteiger partial charge in [-0.15, -0.1) is 0 Å². The van der Waals surface area contributed by atoms with Gasteiger partial charge in [0, 0.05) is 23.7 Å². The zero-order valence-electron chi connectivity index (χ0n) is 10.3. The molecule has 0 bridgehead atoms. The van der Waals surface area contributed by atoms with Crippen LogP contribution in [0.2, 0.25) is 0 Å². The zero-order valence-corrected chi connectivity index (χ0v) is 12.0. The minimum absolute atomic E-state index is 0.161. The molecule has 1 fully saturated rings. The number of nitrogens with zero attached hydrogens (tertiary/aromatic N) is 2. The van der Waals surface area contributed by atoms with E-state index in [1.54, 1.807) is 16.0 Å². The fourth-order valence-corrected chi connectivity index (χ4v) is 3.87. The van der Waals surface area contributed by atoms with Gasteiger partial charge >= 0.3 is 0 Å². The van der Waals surface area contributed by atoms with Gasteiger partial charge in [-0.25, -0.2) is 13.1 Å². The summed E-state index contributed by atoms with van der Waals surface area (Å²) in [7, 11) is -3.08. The number of rotatable bonds is 6. The summed E-state index contributed by atoms with van der Waals surface area (Å²) in [6.07, 6.45) is 3.46. The van der Waals surface area contributed by atoms with E-state index in [2.05, 4.69) is 9.82 Å². The molecule has 5 nitrogen and oxygen atoms in total. The van der Waals surface area contributed by atoms with Crippen molar-refractivity contribution >= 4 is 21.4 Å². The molecule has 0 saturated heterocycles. The third kappa shape index (κ3) is 3.05. The topological polar surface area (TPSA) is 64.0 Å². The molecule has 0 aliphatic heterocycles. The Labute approximate surface area is 116 Å². The summed E-state index contributed by atoms with van der Waals surface area (Å²) >= 11 is 1.63.